The first-order valence-electron chi connectivity index (χ1n) is 7.32. The molecule has 2 aliphatic rings. The number of rotatable bonds is 2. The maximum Gasteiger partial charge on any atom is -1.00 e. The van der Waals surface area contributed by atoms with Crippen molar-refractivity contribution in [3.8, 4) is 0 Å². The van der Waals surface area contributed by atoms with Crippen molar-refractivity contribution in [1.29, 1.82) is 0 Å². The van der Waals surface area contributed by atoms with E-state index in [1.807, 2.05) is 5.20 Å². The van der Waals surface area contributed by atoms with Crippen molar-refractivity contribution in [2.45, 2.75) is 45.2 Å². The fourth-order valence-corrected chi connectivity index (χ4v) is 10.5. The van der Waals surface area contributed by atoms with E-state index < -0.39 is 8.07 Å². The van der Waals surface area contributed by atoms with E-state index in [4.69, 9.17) is 0 Å². The van der Waals surface area contributed by atoms with E-state index >= 15 is 0 Å². The van der Waals surface area contributed by atoms with Crippen LogP contribution in [0.5, 0.6) is 0 Å². The van der Waals surface area contributed by atoms with Crippen molar-refractivity contribution in [3.05, 3.63) is 50.6 Å². The molecule has 22 heavy (non-hydrogen) atoms. The van der Waals surface area contributed by atoms with Gasteiger partial charge < -0.3 is 37.2 Å². The first-order chi connectivity index (χ1) is 9.15. The third-order valence-electron chi connectivity index (χ3n) is 5.18. The van der Waals surface area contributed by atoms with E-state index in [-0.39, 0.29) is 37.2 Å². The largest absolute Gasteiger partial charge is 1.00 e. The molecule has 5 heteroatoms. The normalized spacial score (nSPS) is 19.5. The van der Waals surface area contributed by atoms with E-state index in [1.165, 1.54) is 31.4 Å². The van der Waals surface area contributed by atoms with Crippen molar-refractivity contribution < 1.29 is 57.7 Å². The summed E-state index contributed by atoms with van der Waals surface area (Å²) in [7, 11) is -1.38. The van der Waals surface area contributed by atoms with Gasteiger partial charge in [0, 0.05) is 0 Å². The Balaban J connectivity index is 0.00000147. The maximum atomic E-state index is 2.40. The standard InChI is InChI=1S/C17H21Si.3ClH.Ti/c1-14-10-11-17(15(14)2)18(12-6-7-13-18)16-8-4-3-5-9-16;;;;/h3-5,8-9H,6-7,11-13H2,1-2H3;3*1H;/q;;;;+3/p-3. The third kappa shape index (κ3) is 3.77. The minimum atomic E-state index is -1.38. The van der Waals surface area contributed by atoms with E-state index in [9.17, 15) is 0 Å². The molecule has 0 radical (unpaired) electrons. The Morgan fingerprint density at radius 1 is 0.864 bits per heavy atom. The summed E-state index contributed by atoms with van der Waals surface area (Å²) in [6.45, 7) is 4.69. The van der Waals surface area contributed by atoms with Crippen LogP contribution in [-0.2, 0) is 20.4 Å². The third-order valence-corrected chi connectivity index (χ3v) is 11.6. The molecule has 1 aromatic rings. The molecule has 118 valence electrons. The Bertz CT molecular complexity index is 561. The minimum absolute atomic E-state index is 0. The van der Waals surface area contributed by atoms with Crippen LogP contribution in [0.15, 0.2) is 50.6 Å². The zero-order valence-corrected chi connectivity index (χ0v) is 17.9. The Kier molecular flexibility index (Phi) is 9.31. The van der Waals surface area contributed by atoms with Gasteiger partial charge in [-0.2, -0.15) is 0 Å². The molecule has 0 aromatic heterocycles. The zero-order valence-electron chi connectivity index (χ0n) is 13.1. The summed E-state index contributed by atoms with van der Waals surface area (Å²) in [5.74, 6) is 0. The second-order valence-electron chi connectivity index (χ2n) is 6.04. The minimum Gasteiger partial charge on any atom is -1.00 e. The van der Waals surface area contributed by atoms with Crippen molar-refractivity contribution >= 4 is 13.3 Å². The number of benzene rings is 1. The van der Waals surface area contributed by atoms with Crippen molar-refractivity contribution in [2.75, 3.05) is 0 Å². The van der Waals surface area contributed by atoms with Crippen LogP contribution in [0.2, 0.25) is 12.1 Å². The van der Waals surface area contributed by atoms with Gasteiger partial charge in [0.1, 0.15) is 0 Å². The molecule has 0 amide bonds. The SMILES string of the molecule is CC1=[C]([Ti+3])CC([Si]2(c3ccccc3)CCCC2)=C1C.[Cl-].[Cl-].[Cl-]. The van der Waals surface area contributed by atoms with Crippen molar-refractivity contribution in [2.24, 2.45) is 0 Å². The van der Waals surface area contributed by atoms with Crippen LogP contribution in [0.1, 0.15) is 33.1 Å². The van der Waals surface area contributed by atoms with Gasteiger partial charge in [-0.1, -0.05) is 0 Å². The molecule has 0 spiro atoms. The molecule has 0 atom stereocenters. The quantitative estimate of drug-likeness (QED) is 0.432. The van der Waals surface area contributed by atoms with E-state index in [0.717, 1.165) is 0 Å². The molecule has 0 nitrogen and oxygen atoms in total. The fourth-order valence-electron chi connectivity index (χ4n) is 3.92. The van der Waals surface area contributed by atoms with Crippen LogP contribution in [-0.4, -0.2) is 8.07 Å². The number of hydrogen-bond donors (Lipinski definition) is 0. The van der Waals surface area contributed by atoms with Gasteiger partial charge in [0.15, 0.2) is 0 Å². The Hall–Kier alpha value is 0.501. The van der Waals surface area contributed by atoms with Gasteiger partial charge in [0.05, 0.1) is 0 Å². The molecule has 1 fully saturated rings. The molecule has 1 aliphatic heterocycles. The van der Waals surface area contributed by atoms with Gasteiger partial charge in [-0.05, 0) is 0 Å². The Labute approximate surface area is 165 Å². The van der Waals surface area contributed by atoms with Crippen molar-refractivity contribution in [3.63, 3.8) is 0 Å². The first-order valence-corrected chi connectivity index (χ1v) is 10.5. The van der Waals surface area contributed by atoms with Crippen LogP contribution in [0.3, 0.4) is 0 Å². The van der Waals surface area contributed by atoms with Gasteiger partial charge in [0.25, 0.3) is 0 Å². The maximum absolute atomic E-state index is 2.40. The first kappa shape index (κ1) is 22.5. The summed E-state index contributed by atoms with van der Waals surface area (Å²) in [5.41, 5.74) is 3.21. The monoisotopic (exact) mass is 406 g/mol. The second kappa shape index (κ2) is 9.11. The van der Waals surface area contributed by atoms with Crippen LogP contribution >= 0.6 is 0 Å². The topological polar surface area (TPSA) is 0 Å². The molecule has 1 aliphatic carbocycles. The second-order valence-corrected chi connectivity index (χ2v) is 11.3. The van der Waals surface area contributed by atoms with Gasteiger partial charge in [0.2, 0.25) is 0 Å². The molecule has 1 aromatic carbocycles. The average molecular weight is 408 g/mol. The zero-order chi connectivity index (χ0) is 13.5. The smallest absolute Gasteiger partial charge is 1.00 e. The summed E-state index contributed by atoms with van der Waals surface area (Å²) in [4.78, 5) is 0. The van der Waals surface area contributed by atoms with Crippen molar-refractivity contribution in [1.82, 2.24) is 0 Å². The molecular formula is C17H21Cl3SiTi. The molecule has 0 N–H and O–H groups in total. The molecule has 1 heterocycles. The number of hydrogen-bond acceptors (Lipinski definition) is 0. The number of halogens is 3. The summed E-state index contributed by atoms with van der Waals surface area (Å²) in [6.07, 6.45) is 4.14. The van der Waals surface area contributed by atoms with Gasteiger partial charge >= 0.3 is 129 Å². The molecule has 0 saturated carbocycles. The Morgan fingerprint density at radius 2 is 1.41 bits per heavy atom. The summed E-state index contributed by atoms with van der Waals surface area (Å²) in [5, 5.41) is 3.54. The van der Waals surface area contributed by atoms with Gasteiger partial charge in [-0.25, -0.2) is 0 Å². The average Bonchev–Trinajstić information content (AvgIpc) is 3.02. The Morgan fingerprint density at radius 3 is 1.86 bits per heavy atom. The van der Waals surface area contributed by atoms with Crippen LogP contribution in [0.25, 0.3) is 0 Å². The van der Waals surface area contributed by atoms with Crippen LogP contribution < -0.4 is 42.4 Å². The summed E-state index contributed by atoms with van der Waals surface area (Å²) in [6, 6.07) is 14.4. The van der Waals surface area contributed by atoms with E-state index in [1.54, 1.807) is 20.2 Å². The predicted molar refractivity (Wildman–Crippen MR) is 80.7 cm³/mol. The van der Waals surface area contributed by atoms with E-state index in [2.05, 4.69) is 64.6 Å². The fraction of sp³-hybridized carbons (Fsp3) is 0.412. The predicted octanol–water partition coefficient (Wildman–Crippen LogP) is -4.77. The summed E-state index contributed by atoms with van der Waals surface area (Å²) < 4.78 is 1.61. The molecule has 3 rings (SSSR count). The van der Waals surface area contributed by atoms with E-state index in [0.29, 0.717) is 0 Å². The van der Waals surface area contributed by atoms with Crippen LogP contribution in [0.4, 0.5) is 0 Å². The van der Waals surface area contributed by atoms with Gasteiger partial charge in [-0.3, -0.25) is 0 Å². The molecule has 0 unspecified atom stereocenters. The molecular weight excluding hydrogens is 386 g/mol. The number of allylic oxidation sites excluding steroid dienone is 4. The van der Waals surface area contributed by atoms with Gasteiger partial charge in [-0.15, -0.1) is 0 Å². The molecule has 1 saturated heterocycles. The van der Waals surface area contributed by atoms with Crippen LogP contribution in [0, 0.1) is 0 Å². The summed E-state index contributed by atoms with van der Waals surface area (Å²) >= 11 is 2.33. The molecule has 0 bridgehead atoms.